The summed E-state index contributed by atoms with van der Waals surface area (Å²) in [5.41, 5.74) is 2.93. The number of thiazole rings is 1. The molecule has 2 heterocycles. The number of carbonyl (C=O) groups is 2. The average molecular weight is 529 g/mol. The molecule has 2 amide bonds. The first-order valence-electron chi connectivity index (χ1n) is 10.9. The monoisotopic (exact) mass is 528 g/mol. The minimum absolute atomic E-state index is 0.0432. The van der Waals surface area contributed by atoms with Crippen LogP contribution in [0.2, 0.25) is 10.0 Å². The van der Waals surface area contributed by atoms with E-state index in [9.17, 15) is 14.4 Å². The Morgan fingerprint density at radius 3 is 2.37 bits per heavy atom. The van der Waals surface area contributed by atoms with Crippen LogP contribution in [-0.4, -0.2) is 21.2 Å². The number of nitrogens with zero attached hydrogens (tertiary/aromatic N) is 2. The first-order chi connectivity index (χ1) is 16.7. The van der Waals surface area contributed by atoms with E-state index in [1.54, 1.807) is 12.1 Å². The fraction of sp³-hybridized carbons (Fsp3) is 0.200. The molecule has 0 aliphatic carbocycles. The number of amides is 2. The van der Waals surface area contributed by atoms with Crippen LogP contribution in [0.1, 0.15) is 50.3 Å². The molecule has 180 valence electrons. The van der Waals surface area contributed by atoms with Crippen LogP contribution in [0.25, 0.3) is 4.96 Å². The van der Waals surface area contributed by atoms with E-state index in [-0.39, 0.29) is 15.5 Å². The predicted octanol–water partition coefficient (Wildman–Crippen LogP) is 6.14. The molecule has 0 bridgehead atoms. The van der Waals surface area contributed by atoms with Gasteiger partial charge in [0.05, 0.1) is 0 Å². The lowest BCUT2D eigenvalue weighted by atomic mass is 10.1. The number of carbonyl (C=O) groups excluding carboxylic acids is 2. The van der Waals surface area contributed by atoms with Crippen LogP contribution in [0.15, 0.2) is 47.3 Å². The van der Waals surface area contributed by atoms with Crippen molar-refractivity contribution in [1.29, 1.82) is 0 Å². The summed E-state index contributed by atoms with van der Waals surface area (Å²) in [6.45, 7) is 5.81. The van der Waals surface area contributed by atoms with Gasteiger partial charge < -0.3 is 10.6 Å². The van der Waals surface area contributed by atoms with Crippen LogP contribution in [0.4, 0.5) is 11.4 Å². The molecular weight excluding hydrogens is 507 g/mol. The van der Waals surface area contributed by atoms with Gasteiger partial charge in [-0.25, -0.2) is 9.38 Å². The number of halogens is 2. The van der Waals surface area contributed by atoms with Gasteiger partial charge in [-0.3, -0.25) is 14.4 Å². The molecule has 0 aliphatic rings. The highest BCUT2D eigenvalue weighted by Gasteiger charge is 2.27. The molecule has 4 aromatic rings. The minimum Gasteiger partial charge on any atom is -0.321 e. The zero-order valence-electron chi connectivity index (χ0n) is 19.2. The van der Waals surface area contributed by atoms with Gasteiger partial charge in [0.2, 0.25) is 0 Å². The fourth-order valence-electron chi connectivity index (χ4n) is 3.71. The van der Waals surface area contributed by atoms with Gasteiger partial charge in [-0.15, -0.1) is 0 Å². The van der Waals surface area contributed by atoms with E-state index in [0.717, 1.165) is 28.9 Å². The molecule has 10 heteroatoms. The number of nitrogens with one attached hydrogen (secondary N) is 2. The van der Waals surface area contributed by atoms with Crippen molar-refractivity contribution in [1.82, 2.24) is 9.38 Å². The molecule has 0 spiro atoms. The lowest BCUT2D eigenvalue weighted by Crippen LogP contribution is -2.25. The standard InChI is InChI=1S/C25H22Cl2N4O3S/c1-4-5-17-12-20(32)31-21(23(33)30-19-7-6-13(2)8-14(19)3)22(35-25(31)29-17)24(34)28-18-10-15(26)9-16(27)11-18/h6-12H,4-5H2,1-3H3,(H,28,34)(H,30,33). The third-order valence-electron chi connectivity index (χ3n) is 5.25. The number of fused-ring (bicyclic) bond motifs is 1. The third-order valence-corrected chi connectivity index (χ3v) is 6.73. The summed E-state index contributed by atoms with van der Waals surface area (Å²) in [5.74, 6) is -1.18. The van der Waals surface area contributed by atoms with E-state index < -0.39 is 17.4 Å². The van der Waals surface area contributed by atoms with Gasteiger partial charge in [0, 0.05) is 33.2 Å². The van der Waals surface area contributed by atoms with E-state index in [1.165, 1.54) is 22.6 Å². The number of hydrogen-bond donors (Lipinski definition) is 2. The Bertz CT molecular complexity index is 1510. The van der Waals surface area contributed by atoms with Gasteiger partial charge >= 0.3 is 0 Å². The van der Waals surface area contributed by atoms with E-state index in [2.05, 4.69) is 15.6 Å². The highest BCUT2D eigenvalue weighted by Crippen LogP contribution is 2.27. The first kappa shape index (κ1) is 24.9. The molecule has 0 atom stereocenters. The molecule has 2 aromatic heterocycles. The van der Waals surface area contributed by atoms with Gasteiger partial charge in [-0.05, 0) is 50.1 Å². The zero-order chi connectivity index (χ0) is 25.3. The predicted molar refractivity (Wildman–Crippen MR) is 142 cm³/mol. The van der Waals surface area contributed by atoms with Crippen molar-refractivity contribution >= 4 is 62.7 Å². The number of anilines is 2. The molecule has 35 heavy (non-hydrogen) atoms. The first-order valence-corrected chi connectivity index (χ1v) is 12.4. The lowest BCUT2D eigenvalue weighted by molar-refractivity contribution is 0.0989. The lowest BCUT2D eigenvalue weighted by Gasteiger charge is -2.11. The quantitative estimate of drug-likeness (QED) is 0.314. The molecule has 0 unspecified atom stereocenters. The van der Waals surface area contributed by atoms with Crippen molar-refractivity contribution in [2.45, 2.75) is 33.6 Å². The summed E-state index contributed by atoms with van der Waals surface area (Å²) in [7, 11) is 0. The summed E-state index contributed by atoms with van der Waals surface area (Å²) in [6.07, 6.45) is 1.41. The molecule has 0 saturated heterocycles. The van der Waals surface area contributed by atoms with E-state index in [1.807, 2.05) is 32.9 Å². The van der Waals surface area contributed by atoms with Crippen molar-refractivity contribution < 1.29 is 9.59 Å². The van der Waals surface area contributed by atoms with Crippen LogP contribution < -0.4 is 16.2 Å². The number of rotatable bonds is 6. The maximum absolute atomic E-state index is 13.5. The molecule has 0 aliphatic heterocycles. The highest BCUT2D eigenvalue weighted by atomic mass is 35.5. The van der Waals surface area contributed by atoms with Gasteiger partial charge in [0.25, 0.3) is 17.4 Å². The van der Waals surface area contributed by atoms with Gasteiger partial charge in [-0.1, -0.05) is 65.6 Å². The molecule has 0 saturated carbocycles. The van der Waals surface area contributed by atoms with E-state index in [4.69, 9.17) is 23.2 Å². The maximum Gasteiger partial charge on any atom is 0.274 e. The zero-order valence-corrected chi connectivity index (χ0v) is 21.6. The summed E-state index contributed by atoms with van der Waals surface area (Å²) in [6, 6.07) is 11.6. The van der Waals surface area contributed by atoms with Crippen molar-refractivity contribution in [3.63, 3.8) is 0 Å². The van der Waals surface area contributed by atoms with Crippen LogP contribution >= 0.6 is 34.5 Å². The molecule has 2 N–H and O–H groups in total. The largest absolute Gasteiger partial charge is 0.321 e. The van der Waals surface area contributed by atoms with Gasteiger partial charge in [-0.2, -0.15) is 0 Å². The molecular formula is C25H22Cl2N4O3S. The second kappa shape index (κ2) is 10.2. The second-order valence-electron chi connectivity index (χ2n) is 8.12. The topological polar surface area (TPSA) is 92.6 Å². The Hall–Kier alpha value is -3.20. The van der Waals surface area contributed by atoms with E-state index >= 15 is 0 Å². The summed E-state index contributed by atoms with van der Waals surface area (Å²) >= 11 is 13.1. The normalized spacial score (nSPS) is 11.0. The summed E-state index contributed by atoms with van der Waals surface area (Å²) in [4.78, 5) is 44.6. The number of hydrogen-bond acceptors (Lipinski definition) is 5. The van der Waals surface area contributed by atoms with Crippen molar-refractivity contribution in [3.05, 3.63) is 90.3 Å². The molecule has 7 nitrogen and oxygen atoms in total. The molecule has 2 aromatic carbocycles. The second-order valence-corrected chi connectivity index (χ2v) is 9.97. The van der Waals surface area contributed by atoms with Crippen molar-refractivity contribution in [3.8, 4) is 0 Å². The molecule has 0 fully saturated rings. The molecule has 4 rings (SSSR count). The van der Waals surface area contributed by atoms with Crippen LogP contribution in [-0.2, 0) is 6.42 Å². The highest BCUT2D eigenvalue weighted by molar-refractivity contribution is 7.19. The van der Waals surface area contributed by atoms with Crippen molar-refractivity contribution in [2.75, 3.05) is 10.6 Å². The SMILES string of the molecule is CCCc1cc(=O)n2c(C(=O)Nc3ccc(C)cc3C)c(C(=O)Nc3cc(Cl)cc(Cl)c3)sc2n1. The fourth-order valence-corrected chi connectivity index (χ4v) is 5.28. The Labute approximate surface area is 215 Å². The smallest absolute Gasteiger partial charge is 0.274 e. The van der Waals surface area contributed by atoms with Gasteiger partial charge in [0.15, 0.2) is 4.96 Å². The average Bonchev–Trinajstić information content (AvgIpc) is 3.15. The Kier molecular flexibility index (Phi) is 7.25. The Morgan fingerprint density at radius 1 is 1.00 bits per heavy atom. The molecule has 0 radical (unpaired) electrons. The number of benzene rings is 2. The van der Waals surface area contributed by atoms with Crippen LogP contribution in [0.5, 0.6) is 0 Å². The summed E-state index contributed by atoms with van der Waals surface area (Å²) < 4.78 is 1.18. The van der Waals surface area contributed by atoms with Crippen LogP contribution in [0, 0.1) is 13.8 Å². The van der Waals surface area contributed by atoms with Crippen molar-refractivity contribution in [2.24, 2.45) is 0 Å². The maximum atomic E-state index is 13.5. The van der Waals surface area contributed by atoms with E-state index in [0.29, 0.717) is 33.5 Å². The third kappa shape index (κ3) is 5.40. The Balaban J connectivity index is 1.82. The Morgan fingerprint density at radius 2 is 1.71 bits per heavy atom. The number of aryl methyl sites for hydroxylation is 3. The minimum atomic E-state index is -0.593. The van der Waals surface area contributed by atoms with Crippen LogP contribution in [0.3, 0.4) is 0 Å². The number of aromatic nitrogens is 2. The van der Waals surface area contributed by atoms with Gasteiger partial charge in [0.1, 0.15) is 10.6 Å². The summed E-state index contributed by atoms with van der Waals surface area (Å²) in [5, 5.41) is 6.24.